The fourth-order valence-corrected chi connectivity index (χ4v) is 7.29. The summed E-state index contributed by atoms with van der Waals surface area (Å²) >= 11 is 6.73. The van der Waals surface area contributed by atoms with Gasteiger partial charge in [-0.15, -0.1) is 11.6 Å². The molecule has 5 unspecified atom stereocenters. The molecule has 0 amide bonds. The predicted molar refractivity (Wildman–Crippen MR) is 114 cm³/mol. The van der Waals surface area contributed by atoms with Crippen molar-refractivity contribution in [3.05, 3.63) is 11.3 Å². The Hall–Kier alpha value is -0.950. The van der Waals surface area contributed by atoms with E-state index in [1.807, 2.05) is 6.92 Å². The highest BCUT2D eigenvalue weighted by molar-refractivity contribution is 6.24. The molecule has 5 aliphatic rings. The number of ketones is 2. The summed E-state index contributed by atoms with van der Waals surface area (Å²) in [7, 11) is 3.20. The summed E-state index contributed by atoms with van der Waals surface area (Å²) in [4.78, 5) is 28.0. The van der Waals surface area contributed by atoms with Crippen molar-refractivity contribution in [2.24, 2.45) is 23.7 Å². The summed E-state index contributed by atoms with van der Waals surface area (Å²) < 4.78 is 23.7. The molecule has 3 fully saturated rings. The van der Waals surface area contributed by atoms with E-state index in [2.05, 4.69) is 0 Å². The van der Waals surface area contributed by atoms with E-state index >= 15 is 0 Å². The standard InChI is InChI=1S/C24H33ClO6/c1-12-9-16-18(14(11-30-16)13-7-5-4-6-8-13)22(26)24(12)23(27)19-15(28-2)10-17(29-3)20(25)21(19)31-24/h12-15,17,19-21H,4-11H2,1-3H3/t12-,14-,15?,17?,19?,20?,21?,24+/m1/s1. The number of carbonyl (C=O) groups excluding carboxylic acids is 2. The zero-order valence-electron chi connectivity index (χ0n) is 18.6. The third-order valence-corrected chi connectivity index (χ3v) is 9.11. The summed E-state index contributed by atoms with van der Waals surface area (Å²) in [5, 5.41) is -0.505. The summed E-state index contributed by atoms with van der Waals surface area (Å²) in [6.07, 6.45) is 5.68. The first-order valence-electron chi connectivity index (χ1n) is 11.8. The van der Waals surface area contributed by atoms with E-state index < -0.39 is 23.0 Å². The Morgan fingerprint density at radius 2 is 1.77 bits per heavy atom. The molecule has 0 radical (unpaired) electrons. The molecule has 6 nitrogen and oxygen atoms in total. The SMILES string of the molecule is COC1CC(OC)C2C(=O)[C@@]3(OC2C1Cl)C(=O)C1=C(C[C@H]3C)OC[C@@H]1C1CCCCC1. The quantitative estimate of drug-likeness (QED) is 0.482. The predicted octanol–water partition coefficient (Wildman–Crippen LogP) is 3.44. The molecule has 0 bridgehead atoms. The van der Waals surface area contributed by atoms with Gasteiger partial charge in [0.15, 0.2) is 11.4 Å². The van der Waals surface area contributed by atoms with Gasteiger partial charge in [-0.1, -0.05) is 26.2 Å². The molecule has 31 heavy (non-hydrogen) atoms. The highest BCUT2D eigenvalue weighted by atomic mass is 35.5. The Labute approximate surface area is 188 Å². The number of carbonyl (C=O) groups is 2. The van der Waals surface area contributed by atoms with E-state index in [4.69, 9.17) is 30.5 Å². The van der Waals surface area contributed by atoms with E-state index in [-0.39, 0.29) is 35.6 Å². The molecular weight excluding hydrogens is 420 g/mol. The summed E-state index contributed by atoms with van der Waals surface area (Å²) in [5.41, 5.74) is -0.762. The number of Topliss-reactive ketones (excluding diaryl/α,β-unsaturated/α-hetero) is 2. The van der Waals surface area contributed by atoms with Crippen LogP contribution in [0.3, 0.4) is 0 Å². The molecule has 0 aromatic carbocycles. The minimum atomic E-state index is -1.48. The number of rotatable bonds is 3. The second-order valence-corrected chi connectivity index (χ2v) is 10.5. The minimum absolute atomic E-state index is 0.0722. The lowest BCUT2D eigenvalue weighted by molar-refractivity contribution is -0.159. The molecule has 172 valence electrons. The van der Waals surface area contributed by atoms with Crippen molar-refractivity contribution < 1.29 is 28.5 Å². The fraction of sp³-hybridized carbons (Fsp3) is 0.833. The number of hydrogen-bond acceptors (Lipinski definition) is 6. The van der Waals surface area contributed by atoms with Crippen LogP contribution in [0.25, 0.3) is 0 Å². The first-order valence-corrected chi connectivity index (χ1v) is 12.2. The maximum absolute atomic E-state index is 14.1. The second-order valence-electron chi connectivity index (χ2n) is 10.0. The molecule has 2 heterocycles. The number of fused-ring (bicyclic) bond motifs is 1. The molecule has 1 saturated heterocycles. The van der Waals surface area contributed by atoms with Crippen molar-refractivity contribution in [1.29, 1.82) is 0 Å². The second kappa shape index (κ2) is 8.12. The molecular formula is C24H33ClO6. The Morgan fingerprint density at radius 3 is 2.45 bits per heavy atom. The number of allylic oxidation sites excluding steroid dienone is 1. The van der Waals surface area contributed by atoms with Crippen molar-refractivity contribution in [2.45, 2.75) is 81.2 Å². The third kappa shape index (κ3) is 3.08. The average molecular weight is 453 g/mol. The number of ether oxygens (including phenoxy) is 4. The number of methoxy groups -OCH3 is 2. The lowest BCUT2D eigenvalue weighted by atomic mass is 9.65. The van der Waals surface area contributed by atoms with Crippen molar-refractivity contribution in [1.82, 2.24) is 0 Å². The fourth-order valence-electron chi connectivity index (χ4n) is 6.87. The molecule has 2 aliphatic heterocycles. The van der Waals surface area contributed by atoms with E-state index in [0.29, 0.717) is 25.4 Å². The Morgan fingerprint density at radius 1 is 1.06 bits per heavy atom. The van der Waals surface area contributed by atoms with Crippen molar-refractivity contribution in [2.75, 3.05) is 20.8 Å². The van der Waals surface area contributed by atoms with Gasteiger partial charge < -0.3 is 18.9 Å². The van der Waals surface area contributed by atoms with Gasteiger partial charge in [-0.2, -0.15) is 0 Å². The van der Waals surface area contributed by atoms with Crippen LogP contribution in [0, 0.1) is 23.7 Å². The van der Waals surface area contributed by atoms with E-state index in [1.54, 1.807) is 14.2 Å². The largest absolute Gasteiger partial charge is 0.497 e. The van der Waals surface area contributed by atoms with Gasteiger partial charge in [0.05, 0.1) is 36.2 Å². The average Bonchev–Trinajstić information content (AvgIpc) is 3.34. The molecule has 0 aromatic heterocycles. The number of hydrogen-bond donors (Lipinski definition) is 0. The topological polar surface area (TPSA) is 71.1 Å². The molecule has 1 spiro atoms. The third-order valence-electron chi connectivity index (χ3n) is 8.58. The monoisotopic (exact) mass is 452 g/mol. The Kier molecular flexibility index (Phi) is 5.73. The lowest BCUT2D eigenvalue weighted by Crippen LogP contribution is -2.55. The zero-order valence-corrected chi connectivity index (χ0v) is 19.4. The maximum atomic E-state index is 14.1. The van der Waals surface area contributed by atoms with Crippen LogP contribution < -0.4 is 0 Å². The van der Waals surface area contributed by atoms with Crippen LogP contribution in [0.1, 0.15) is 51.9 Å². The smallest absolute Gasteiger partial charge is 0.202 e. The zero-order chi connectivity index (χ0) is 21.9. The Balaban J connectivity index is 1.51. The molecule has 2 saturated carbocycles. The molecule has 0 N–H and O–H groups in total. The molecule has 7 heteroatoms. The van der Waals surface area contributed by atoms with Gasteiger partial charge in [0.2, 0.25) is 5.78 Å². The Bertz CT molecular complexity index is 789. The van der Waals surface area contributed by atoms with Crippen LogP contribution in [-0.4, -0.2) is 61.7 Å². The van der Waals surface area contributed by atoms with Gasteiger partial charge >= 0.3 is 0 Å². The van der Waals surface area contributed by atoms with Crippen LogP contribution in [0.2, 0.25) is 0 Å². The maximum Gasteiger partial charge on any atom is 0.202 e. The minimum Gasteiger partial charge on any atom is -0.497 e. The molecule has 5 rings (SSSR count). The van der Waals surface area contributed by atoms with E-state index in [1.165, 1.54) is 19.3 Å². The van der Waals surface area contributed by atoms with Gasteiger partial charge in [-0.25, -0.2) is 0 Å². The van der Waals surface area contributed by atoms with Gasteiger partial charge in [0.25, 0.3) is 0 Å². The van der Waals surface area contributed by atoms with Crippen molar-refractivity contribution in [3.8, 4) is 0 Å². The van der Waals surface area contributed by atoms with Crippen LogP contribution in [-0.2, 0) is 28.5 Å². The van der Waals surface area contributed by atoms with Crippen LogP contribution in [0.5, 0.6) is 0 Å². The molecule has 8 atom stereocenters. The van der Waals surface area contributed by atoms with Gasteiger partial charge in [-0.05, 0) is 18.8 Å². The van der Waals surface area contributed by atoms with Crippen molar-refractivity contribution in [3.63, 3.8) is 0 Å². The lowest BCUT2D eigenvalue weighted by Gasteiger charge is -2.39. The van der Waals surface area contributed by atoms with Crippen molar-refractivity contribution >= 4 is 23.2 Å². The van der Waals surface area contributed by atoms with Gasteiger partial charge in [0.1, 0.15) is 5.76 Å². The van der Waals surface area contributed by atoms with Crippen LogP contribution >= 0.6 is 11.6 Å². The summed E-state index contributed by atoms with van der Waals surface area (Å²) in [6.45, 7) is 2.47. The summed E-state index contributed by atoms with van der Waals surface area (Å²) in [6, 6.07) is 0. The first-order chi connectivity index (χ1) is 14.9. The van der Waals surface area contributed by atoms with Gasteiger partial charge in [0, 0.05) is 44.5 Å². The van der Waals surface area contributed by atoms with Crippen LogP contribution in [0.15, 0.2) is 11.3 Å². The normalized spacial score (nSPS) is 45.7. The van der Waals surface area contributed by atoms with E-state index in [9.17, 15) is 9.59 Å². The van der Waals surface area contributed by atoms with Gasteiger partial charge in [-0.3, -0.25) is 9.59 Å². The first kappa shape index (κ1) is 21.9. The highest BCUT2D eigenvalue weighted by Gasteiger charge is 2.69. The molecule has 3 aliphatic carbocycles. The molecule has 0 aromatic rings. The number of halogens is 1. The van der Waals surface area contributed by atoms with Crippen LogP contribution in [0.4, 0.5) is 0 Å². The van der Waals surface area contributed by atoms with E-state index in [0.717, 1.165) is 24.2 Å². The highest BCUT2D eigenvalue weighted by Crippen LogP contribution is 2.54. The summed E-state index contributed by atoms with van der Waals surface area (Å²) in [5.74, 6) is 0.102. The number of alkyl halides is 1.